The van der Waals surface area contributed by atoms with Gasteiger partial charge in [-0.2, -0.15) is 0 Å². The van der Waals surface area contributed by atoms with E-state index in [-0.39, 0.29) is 12.0 Å². The van der Waals surface area contributed by atoms with Gasteiger partial charge in [0.25, 0.3) is 0 Å². The van der Waals surface area contributed by atoms with E-state index in [9.17, 15) is 4.79 Å². The summed E-state index contributed by atoms with van der Waals surface area (Å²) in [5.74, 6) is 0.675. The Balaban J connectivity index is 1.61. The zero-order chi connectivity index (χ0) is 11.4. The van der Waals surface area contributed by atoms with E-state index < -0.39 is 0 Å². The van der Waals surface area contributed by atoms with Crippen molar-refractivity contribution < 1.29 is 9.53 Å². The first kappa shape index (κ1) is 11.9. The van der Waals surface area contributed by atoms with Gasteiger partial charge >= 0.3 is 0 Å². The van der Waals surface area contributed by atoms with E-state index in [4.69, 9.17) is 4.74 Å². The number of hydrogen-bond acceptors (Lipinski definition) is 3. The third-order valence-corrected chi connectivity index (χ3v) is 3.33. The van der Waals surface area contributed by atoms with Gasteiger partial charge in [-0.25, -0.2) is 0 Å². The van der Waals surface area contributed by atoms with E-state index in [1.165, 1.54) is 0 Å². The first-order valence-corrected chi connectivity index (χ1v) is 6.38. The molecule has 2 N–H and O–H groups in total. The molecule has 4 heteroatoms. The second-order valence-electron chi connectivity index (χ2n) is 4.95. The van der Waals surface area contributed by atoms with Crippen LogP contribution in [-0.2, 0) is 9.53 Å². The Morgan fingerprint density at radius 1 is 1.38 bits per heavy atom. The Bertz CT molecular complexity index is 235. The van der Waals surface area contributed by atoms with E-state index in [0.717, 1.165) is 45.4 Å². The van der Waals surface area contributed by atoms with Crippen LogP contribution < -0.4 is 10.6 Å². The Morgan fingerprint density at radius 2 is 2.06 bits per heavy atom. The van der Waals surface area contributed by atoms with Gasteiger partial charge in [-0.1, -0.05) is 0 Å². The van der Waals surface area contributed by atoms with Crippen LogP contribution >= 0.6 is 0 Å². The lowest BCUT2D eigenvalue weighted by atomic mass is 9.99. The monoisotopic (exact) mass is 226 g/mol. The van der Waals surface area contributed by atoms with E-state index in [1.54, 1.807) is 0 Å². The van der Waals surface area contributed by atoms with Crippen molar-refractivity contribution in [2.45, 2.75) is 44.8 Å². The molecule has 1 unspecified atom stereocenters. The van der Waals surface area contributed by atoms with E-state index in [2.05, 4.69) is 10.6 Å². The van der Waals surface area contributed by atoms with Crippen molar-refractivity contribution in [3.05, 3.63) is 0 Å². The van der Waals surface area contributed by atoms with Crippen molar-refractivity contribution in [3.63, 3.8) is 0 Å². The average Bonchev–Trinajstić information content (AvgIpc) is 3.11. The van der Waals surface area contributed by atoms with Crippen LogP contribution in [0, 0.1) is 5.92 Å². The topological polar surface area (TPSA) is 50.4 Å². The Kier molecular flexibility index (Phi) is 4.18. The van der Waals surface area contributed by atoms with Crippen LogP contribution in [0.1, 0.15) is 32.6 Å². The van der Waals surface area contributed by atoms with E-state index >= 15 is 0 Å². The SMILES string of the molecule is CC(OCC1CCNCC1)C(=O)NC1CC1. The highest BCUT2D eigenvalue weighted by Crippen LogP contribution is 2.19. The van der Waals surface area contributed by atoms with Crippen LogP contribution in [0.25, 0.3) is 0 Å². The predicted octanol–water partition coefficient (Wildman–Crippen LogP) is 0.670. The molecule has 16 heavy (non-hydrogen) atoms. The minimum absolute atomic E-state index is 0.0523. The number of piperidine rings is 1. The van der Waals surface area contributed by atoms with Crippen LogP contribution in [0.5, 0.6) is 0 Å². The highest BCUT2D eigenvalue weighted by molar-refractivity contribution is 5.80. The van der Waals surface area contributed by atoms with Crippen LogP contribution in [-0.4, -0.2) is 37.7 Å². The van der Waals surface area contributed by atoms with Crippen LogP contribution in [0.3, 0.4) is 0 Å². The molecule has 1 amide bonds. The second-order valence-corrected chi connectivity index (χ2v) is 4.95. The van der Waals surface area contributed by atoms with Gasteiger partial charge in [-0.05, 0) is 51.6 Å². The van der Waals surface area contributed by atoms with Crippen molar-refractivity contribution in [2.75, 3.05) is 19.7 Å². The van der Waals surface area contributed by atoms with Gasteiger partial charge in [0.15, 0.2) is 0 Å². The zero-order valence-corrected chi connectivity index (χ0v) is 10.00. The van der Waals surface area contributed by atoms with Crippen LogP contribution in [0.15, 0.2) is 0 Å². The molecular weight excluding hydrogens is 204 g/mol. The van der Waals surface area contributed by atoms with Crippen LogP contribution in [0.2, 0.25) is 0 Å². The fourth-order valence-corrected chi connectivity index (χ4v) is 1.95. The molecule has 2 rings (SSSR count). The summed E-state index contributed by atoms with van der Waals surface area (Å²) < 4.78 is 5.63. The van der Waals surface area contributed by atoms with E-state index in [0.29, 0.717) is 12.0 Å². The Morgan fingerprint density at radius 3 is 2.69 bits per heavy atom. The van der Waals surface area contributed by atoms with Crippen LogP contribution in [0.4, 0.5) is 0 Å². The summed E-state index contributed by atoms with van der Waals surface area (Å²) in [4.78, 5) is 11.6. The van der Waals surface area contributed by atoms with E-state index in [1.807, 2.05) is 6.92 Å². The molecule has 1 aliphatic heterocycles. The highest BCUT2D eigenvalue weighted by atomic mass is 16.5. The summed E-state index contributed by atoms with van der Waals surface area (Å²) >= 11 is 0. The molecule has 0 aromatic heterocycles. The van der Waals surface area contributed by atoms with Gasteiger partial charge in [0.2, 0.25) is 5.91 Å². The summed E-state index contributed by atoms with van der Waals surface area (Å²) in [6.07, 6.45) is 4.29. The van der Waals surface area contributed by atoms with Gasteiger partial charge in [0, 0.05) is 6.04 Å². The molecule has 0 bridgehead atoms. The quantitative estimate of drug-likeness (QED) is 0.724. The lowest BCUT2D eigenvalue weighted by molar-refractivity contribution is -0.132. The lowest BCUT2D eigenvalue weighted by Crippen LogP contribution is -2.37. The average molecular weight is 226 g/mol. The van der Waals surface area contributed by atoms with Crippen molar-refractivity contribution in [1.82, 2.24) is 10.6 Å². The van der Waals surface area contributed by atoms with Gasteiger partial charge in [-0.15, -0.1) is 0 Å². The maximum atomic E-state index is 11.6. The van der Waals surface area contributed by atoms with Crippen molar-refractivity contribution in [3.8, 4) is 0 Å². The molecule has 4 nitrogen and oxygen atoms in total. The molecule has 0 aromatic carbocycles. The Hall–Kier alpha value is -0.610. The number of amides is 1. The Labute approximate surface area is 97.1 Å². The molecule has 1 saturated carbocycles. The molecule has 1 heterocycles. The normalized spacial score (nSPS) is 24.1. The molecule has 0 spiro atoms. The summed E-state index contributed by atoms with van der Waals surface area (Å²) in [5.41, 5.74) is 0. The number of carbonyl (C=O) groups is 1. The fourth-order valence-electron chi connectivity index (χ4n) is 1.95. The molecule has 2 aliphatic rings. The first-order chi connectivity index (χ1) is 7.75. The zero-order valence-electron chi connectivity index (χ0n) is 10.00. The molecule has 2 fully saturated rings. The molecule has 0 aromatic rings. The highest BCUT2D eigenvalue weighted by Gasteiger charge is 2.26. The number of ether oxygens (including phenoxy) is 1. The predicted molar refractivity (Wildman–Crippen MR) is 62.2 cm³/mol. The maximum absolute atomic E-state index is 11.6. The summed E-state index contributed by atoms with van der Waals surface area (Å²) in [6, 6.07) is 0.428. The number of hydrogen-bond donors (Lipinski definition) is 2. The second kappa shape index (κ2) is 5.64. The minimum Gasteiger partial charge on any atom is -0.368 e. The third kappa shape index (κ3) is 3.76. The van der Waals surface area contributed by atoms with Gasteiger partial charge in [0.1, 0.15) is 6.10 Å². The fraction of sp³-hybridized carbons (Fsp3) is 0.917. The summed E-state index contributed by atoms with van der Waals surface area (Å²) in [6.45, 7) is 4.73. The standard InChI is InChI=1S/C12H22N2O2/c1-9(12(15)14-11-2-3-11)16-8-10-4-6-13-7-5-10/h9-11,13H,2-8H2,1H3,(H,14,15). The lowest BCUT2D eigenvalue weighted by Gasteiger charge is -2.23. The molecule has 1 aliphatic carbocycles. The third-order valence-electron chi connectivity index (χ3n) is 3.33. The van der Waals surface area contributed by atoms with Crippen molar-refractivity contribution in [1.29, 1.82) is 0 Å². The summed E-state index contributed by atoms with van der Waals surface area (Å²) in [5, 5.41) is 6.29. The molecule has 1 saturated heterocycles. The number of rotatable bonds is 5. The summed E-state index contributed by atoms with van der Waals surface area (Å²) in [7, 11) is 0. The van der Waals surface area contributed by atoms with Gasteiger partial charge < -0.3 is 15.4 Å². The van der Waals surface area contributed by atoms with Gasteiger partial charge in [0.05, 0.1) is 6.61 Å². The van der Waals surface area contributed by atoms with Gasteiger partial charge in [-0.3, -0.25) is 4.79 Å². The smallest absolute Gasteiger partial charge is 0.249 e. The van der Waals surface area contributed by atoms with Crippen molar-refractivity contribution >= 4 is 5.91 Å². The molecule has 1 atom stereocenters. The maximum Gasteiger partial charge on any atom is 0.249 e. The largest absolute Gasteiger partial charge is 0.368 e. The minimum atomic E-state index is -0.296. The molecule has 0 radical (unpaired) electrons. The number of nitrogens with one attached hydrogen (secondary N) is 2. The number of carbonyl (C=O) groups excluding carboxylic acids is 1. The first-order valence-electron chi connectivity index (χ1n) is 6.38. The van der Waals surface area contributed by atoms with Crippen molar-refractivity contribution in [2.24, 2.45) is 5.92 Å². The molecule has 92 valence electrons. The molecular formula is C12H22N2O2.